The van der Waals surface area contributed by atoms with E-state index in [2.05, 4.69) is 15.3 Å². The molecule has 0 aliphatic carbocycles. The van der Waals surface area contributed by atoms with E-state index in [1.54, 1.807) is 29.7 Å². The summed E-state index contributed by atoms with van der Waals surface area (Å²) in [5.41, 5.74) is 2.42. The molecule has 0 saturated carbocycles. The van der Waals surface area contributed by atoms with Crippen LogP contribution < -0.4 is 5.32 Å². The summed E-state index contributed by atoms with van der Waals surface area (Å²) in [6.07, 6.45) is 1.80. The fraction of sp³-hybridized carbons (Fsp3) is 0.0625. The Morgan fingerprint density at radius 1 is 1.17 bits per heavy atom. The molecule has 120 valence electrons. The van der Waals surface area contributed by atoms with Gasteiger partial charge in [0.15, 0.2) is 5.13 Å². The normalized spacial score (nSPS) is 11.3. The second kappa shape index (κ2) is 5.73. The van der Waals surface area contributed by atoms with E-state index >= 15 is 0 Å². The van der Waals surface area contributed by atoms with E-state index in [-0.39, 0.29) is 5.91 Å². The molecule has 0 aliphatic heterocycles. The quantitative estimate of drug-likeness (QED) is 0.545. The number of rotatable bonds is 2. The Bertz CT molecular complexity index is 1060. The number of benzene rings is 1. The van der Waals surface area contributed by atoms with E-state index in [1.807, 2.05) is 18.2 Å². The van der Waals surface area contributed by atoms with Gasteiger partial charge in [0.25, 0.3) is 5.91 Å². The van der Waals surface area contributed by atoms with Gasteiger partial charge in [-0.1, -0.05) is 40.6 Å². The lowest BCUT2D eigenvalue weighted by molar-refractivity contribution is 0.102. The highest BCUT2D eigenvalue weighted by atomic mass is 35.5. The maximum absolute atomic E-state index is 12.7. The first kappa shape index (κ1) is 15.4. The third kappa shape index (κ3) is 2.43. The van der Waals surface area contributed by atoms with Crippen molar-refractivity contribution in [1.82, 2.24) is 14.4 Å². The van der Waals surface area contributed by atoms with E-state index in [9.17, 15) is 4.79 Å². The molecule has 24 heavy (non-hydrogen) atoms. The molecule has 3 heterocycles. The van der Waals surface area contributed by atoms with Gasteiger partial charge in [0.2, 0.25) is 0 Å². The van der Waals surface area contributed by atoms with Crippen LogP contribution in [0.15, 0.2) is 36.5 Å². The van der Waals surface area contributed by atoms with Crippen LogP contribution in [0.4, 0.5) is 5.13 Å². The minimum Gasteiger partial charge on any atom is -0.296 e. The summed E-state index contributed by atoms with van der Waals surface area (Å²) in [7, 11) is 0. The lowest BCUT2D eigenvalue weighted by Crippen LogP contribution is -2.15. The van der Waals surface area contributed by atoms with Gasteiger partial charge in [-0.05, 0) is 31.2 Å². The highest BCUT2D eigenvalue weighted by Gasteiger charge is 2.19. The van der Waals surface area contributed by atoms with Crippen LogP contribution in [0.2, 0.25) is 10.0 Å². The van der Waals surface area contributed by atoms with Crippen LogP contribution in [0.1, 0.15) is 16.2 Å². The molecular weight excluding hydrogens is 367 g/mol. The van der Waals surface area contributed by atoms with Crippen molar-refractivity contribution in [2.24, 2.45) is 0 Å². The van der Waals surface area contributed by atoms with E-state index < -0.39 is 0 Å². The molecule has 0 saturated heterocycles. The number of halogens is 2. The first-order valence-corrected chi connectivity index (χ1v) is 8.61. The summed E-state index contributed by atoms with van der Waals surface area (Å²) >= 11 is 13.6. The Balaban J connectivity index is 1.75. The monoisotopic (exact) mass is 376 g/mol. The fourth-order valence-electron chi connectivity index (χ4n) is 2.54. The fourth-order valence-corrected chi connectivity index (χ4v) is 3.96. The number of fused-ring (bicyclic) bond motifs is 2. The number of carbonyl (C=O) groups excluding carboxylic acids is 1. The number of aryl methyl sites for hydroxylation is 1. The summed E-state index contributed by atoms with van der Waals surface area (Å²) in [5.74, 6) is -0.280. The summed E-state index contributed by atoms with van der Waals surface area (Å²) in [6.45, 7) is 1.80. The van der Waals surface area contributed by atoms with Crippen LogP contribution in [0.3, 0.4) is 0 Å². The zero-order valence-electron chi connectivity index (χ0n) is 12.4. The first-order valence-electron chi connectivity index (χ1n) is 7.04. The van der Waals surface area contributed by atoms with Gasteiger partial charge in [-0.15, -0.1) is 0 Å². The standard InChI is InChI=1S/C16H10Cl2N4OS/c1-8-13(22-7-3-2-4-11(22)19-8)15(23)21-16-20-12-9(17)5-6-10(18)14(12)24-16/h2-7H,1H3,(H,20,21,23). The van der Waals surface area contributed by atoms with Crippen LogP contribution in [0.5, 0.6) is 0 Å². The number of aromatic nitrogens is 3. The molecule has 1 amide bonds. The molecule has 4 aromatic rings. The van der Waals surface area contributed by atoms with Crippen molar-refractivity contribution in [2.75, 3.05) is 5.32 Å². The molecule has 5 nitrogen and oxygen atoms in total. The second-order valence-electron chi connectivity index (χ2n) is 5.15. The zero-order valence-corrected chi connectivity index (χ0v) is 14.7. The summed E-state index contributed by atoms with van der Waals surface area (Å²) < 4.78 is 2.49. The number of thiazole rings is 1. The van der Waals surface area contributed by atoms with Gasteiger partial charge < -0.3 is 0 Å². The molecule has 0 radical (unpaired) electrons. The molecule has 1 aromatic carbocycles. The predicted octanol–water partition coefficient (Wildman–Crippen LogP) is 4.81. The number of amides is 1. The minimum absolute atomic E-state index is 0.280. The molecule has 1 N–H and O–H groups in total. The van der Waals surface area contributed by atoms with Crippen molar-refractivity contribution in [3.63, 3.8) is 0 Å². The lowest BCUT2D eigenvalue weighted by atomic mass is 10.3. The van der Waals surface area contributed by atoms with E-state index in [0.717, 1.165) is 10.3 Å². The Morgan fingerprint density at radius 2 is 1.96 bits per heavy atom. The van der Waals surface area contributed by atoms with Crippen LogP contribution in [-0.2, 0) is 0 Å². The Morgan fingerprint density at radius 3 is 2.75 bits per heavy atom. The first-order chi connectivity index (χ1) is 11.5. The third-order valence-corrected chi connectivity index (χ3v) is 5.32. The molecule has 0 spiro atoms. The Hall–Kier alpha value is -2.15. The third-order valence-electron chi connectivity index (χ3n) is 3.59. The lowest BCUT2D eigenvalue weighted by Gasteiger charge is -2.02. The highest BCUT2D eigenvalue weighted by molar-refractivity contribution is 7.23. The number of hydrogen-bond donors (Lipinski definition) is 1. The molecular formula is C16H10Cl2N4OS. The van der Waals surface area contributed by atoms with Gasteiger partial charge in [0.05, 0.1) is 20.4 Å². The number of nitrogens with one attached hydrogen (secondary N) is 1. The Kier molecular flexibility index (Phi) is 3.68. The molecule has 0 unspecified atom stereocenters. The number of imidazole rings is 1. The number of hydrogen-bond acceptors (Lipinski definition) is 4. The van der Waals surface area contributed by atoms with E-state index in [0.29, 0.717) is 32.1 Å². The largest absolute Gasteiger partial charge is 0.296 e. The van der Waals surface area contributed by atoms with Crippen molar-refractivity contribution < 1.29 is 4.79 Å². The summed E-state index contributed by atoms with van der Waals surface area (Å²) in [6, 6.07) is 8.97. The minimum atomic E-state index is -0.280. The number of nitrogens with zero attached hydrogens (tertiary/aromatic N) is 3. The van der Waals surface area contributed by atoms with Crippen molar-refractivity contribution >= 4 is 61.4 Å². The van der Waals surface area contributed by atoms with Gasteiger partial charge in [0, 0.05) is 6.20 Å². The van der Waals surface area contributed by atoms with Gasteiger partial charge >= 0.3 is 0 Å². The van der Waals surface area contributed by atoms with Gasteiger partial charge in [-0.2, -0.15) is 0 Å². The maximum Gasteiger partial charge on any atom is 0.276 e. The van der Waals surface area contributed by atoms with Crippen molar-refractivity contribution in [1.29, 1.82) is 0 Å². The highest BCUT2D eigenvalue weighted by Crippen LogP contribution is 2.36. The van der Waals surface area contributed by atoms with Crippen LogP contribution in [-0.4, -0.2) is 20.3 Å². The molecule has 0 fully saturated rings. The van der Waals surface area contributed by atoms with Gasteiger partial charge in [0.1, 0.15) is 16.9 Å². The average molecular weight is 377 g/mol. The predicted molar refractivity (Wildman–Crippen MR) is 97.5 cm³/mol. The van der Waals surface area contributed by atoms with Crippen LogP contribution in [0, 0.1) is 6.92 Å². The van der Waals surface area contributed by atoms with E-state index in [1.165, 1.54) is 11.3 Å². The van der Waals surface area contributed by atoms with Crippen molar-refractivity contribution in [3.8, 4) is 0 Å². The van der Waals surface area contributed by atoms with Crippen LogP contribution in [0.25, 0.3) is 15.9 Å². The number of carbonyl (C=O) groups is 1. The molecule has 0 aliphatic rings. The molecule has 0 bridgehead atoms. The van der Waals surface area contributed by atoms with Gasteiger partial charge in [-0.3, -0.25) is 14.5 Å². The topological polar surface area (TPSA) is 59.3 Å². The average Bonchev–Trinajstić information content (AvgIpc) is 3.11. The maximum atomic E-state index is 12.7. The summed E-state index contributed by atoms with van der Waals surface area (Å²) in [4.78, 5) is 21.4. The Labute approximate surface area is 150 Å². The molecule has 0 atom stereocenters. The molecule has 3 aromatic heterocycles. The molecule has 8 heteroatoms. The number of anilines is 1. The smallest absolute Gasteiger partial charge is 0.276 e. The number of pyridine rings is 1. The summed E-state index contributed by atoms with van der Waals surface area (Å²) in [5, 5.41) is 4.30. The van der Waals surface area contributed by atoms with Crippen molar-refractivity contribution in [2.45, 2.75) is 6.92 Å². The second-order valence-corrected chi connectivity index (χ2v) is 6.97. The van der Waals surface area contributed by atoms with E-state index in [4.69, 9.17) is 23.2 Å². The van der Waals surface area contributed by atoms with Crippen molar-refractivity contribution in [3.05, 3.63) is 58.0 Å². The van der Waals surface area contributed by atoms with Crippen LogP contribution >= 0.6 is 34.5 Å². The SMILES string of the molecule is Cc1nc2ccccn2c1C(=O)Nc1nc2c(Cl)ccc(Cl)c2s1. The zero-order chi connectivity index (χ0) is 16.8. The van der Waals surface area contributed by atoms with Gasteiger partial charge in [-0.25, -0.2) is 9.97 Å². The molecule has 4 rings (SSSR count).